The van der Waals surface area contributed by atoms with Crippen LogP contribution in [0.3, 0.4) is 0 Å². The van der Waals surface area contributed by atoms with Crippen LogP contribution < -0.4 is 0 Å². The van der Waals surface area contributed by atoms with Gasteiger partial charge < -0.3 is 0 Å². The quantitative estimate of drug-likeness (QED) is 0.121. The van der Waals surface area contributed by atoms with Gasteiger partial charge in [-0.05, 0) is 194 Å². The third-order valence-corrected chi connectivity index (χ3v) is 22.9. The minimum atomic E-state index is -0.594. The molecule has 15 aromatic carbocycles. The highest BCUT2D eigenvalue weighted by atomic mass is 14.5. The molecule has 97 heavy (non-hydrogen) atoms. The first kappa shape index (κ1) is 57.0. The van der Waals surface area contributed by atoms with E-state index in [0.717, 1.165) is 12.8 Å². The molecule has 0 amide bonds. The molecule has 0 aliphatic heterocycles. The first-order valence-electron chi connectivity index (χ1n) is 34.5. The van der Waals surface area contributed by atoms with Crippen molar-refractivity contribution in [1.82, 2.24) is 0 Å². The molecule has 0 radical (unpaired) electrons. The summed E-state index contributed by atoms with van der Waals surface area (Å²) in [6, 6.07) is 132. The standard InChI is InChI=1S/C97H70/c1-63-46-53-78-79-54-50-67-26-16-17-38-76(67)93(79)94(3,89(78)57-63)62-69-28-25-45-88-91(69)80-40-19-22-43-85(80)95(88,70-29-8-4-9-30-70)74-51-47-65(48-52-74)59-66-49-55-87-83(60-66)77-39-18-21-42-84(77)97(87,73-35-14-7-15-36-73)75-37-24-27-68(61-75)82-56-64(2)58-90-92(82)81-41-20-23-44-86(81)96(90,71-31-10-5-11-32-71)72-33-12-6-13-34-72/h4-58,60-61H,59,62H2,1-3H3. The Bertz CT molecular complexity index is 5620. The summed E-state index contributed by atoms with van der Waals surface area (Å²) < 4.78 is 0. The lowest BCUT2D eigenvalue weighted by Crippen LogP contribution is -2.29. The van der Waals surface area contributed by atoms with Crippen LogP contribution in [0.4, 0.5) is 0 Å². The maximum absolute atomic E-state index is 2.53. The van der Waals surface area contributed by atoms with Crippen LogP contribution in [0.1, 0.15) is 113 Å². The zero-order valence-electron chi connectivity index (χ0n) is 54.8. The summed E-state index contributed by atoms with van der Waals surface area (Å²) in [5.41, 5.74) is 36.0. The number of hydrogen-bond donors (Lipinski definition) is 0. The van der Waals surface area contributed by atoms with Crippen molar-refractivity contribution in [2.45, 2.75) is 55.3 Å². The average Bonchev–Trinajstić information content (AvgIpc) is 1.56. The molecule has 3 unspecified atom stereocenters. The van der Waals surface area contributed by atoms with Gasteiger partial charge in [-0.25, -0.2) is 0 Å². The Labute approximate surface area is 569 Å². The second-order valence-corrected chi connectivity index (χ2v) is 28.0. The molecule has 0 fully saturated rings. The molecule has 3 atom stereocenters. The van der Waals surface area contributed by atoms with Gasteiger partial charge in [-0.3, -0.25) is 0 Å². The predicted octanol–water partition coefficient (Wildman–Crippen LogP) is 23.3. The Morgan fingerprint density at radius 3 is 1.39 bits per heavy atom. The van der Waals surface area contributed by atoms with E-state index in [1.807, 2.05) is 0 Å². The maximum Gasteiger partial charge on any atom is 0.0713 e. The van der Waals surface area contributed by atoms with E-state index in [0.29, 0.717) is 0 Å². The van der Waals surface area contributed by atoms with Crippen molar-refractivity contribution in [2.75, 3.05) is 0 Å². The molecular formula is C97H70. The lowest BCUT2D eigenvalue weighted by atomic mass is 9.66. The highest BCUT2D eigenvalue weighted by Gasteiger charge is 2.51. The van der Waals surface area contributed by atoms with E-state index in [1.54, 1.807) is 0 Å². The van der Waals surface area contributed by atoms with Gasteiger partial charge in [0.15, 0.2) is 0 Å². The first-order chi connectivity index (χ1) is 47.8. The molecule has 0 nitrogen and oxygen atoms in total. The average molecular weight is 1240 g/mol. The van der Waals surface area contributed by atoms with E-state index >= 15 is 0 Å². The SMILES string of the molecule is Cc1ccc2c(c1)C(C)(Cc1cccc3c1-c1ccccc1C3(c1ccccc1)c1ccc(Cc3ccc4c(c3)-c3ccccc3C4(c3ccccc3)c3cccc(-c4cc(C)cc5c4-c4ccccc4C5(c4ccccc4)c4ccccc4)c3)cc1)c1c-2ccc2ccccc12. The molecule has 4 aliphatic rings. The van der Waals surface area contributed by atoms with Crippen LogP contribution in [-0.4, -0.2) is 0 Å². The summed E-state index contributed by atoms with van der Waals surface area (Å²) in [5, 5.41) is 2.64. The second kappa shape index (κ2) is 21.8. The topological polar surface area (TPSA) is 0 Å². The third kappa shape index (κ3) is 8.11. The second-order valence-electron chi connectivity index (χ2n) is 28.0. The molecule has 0 aromatic heterocycles. The van der Waals surface area contributed by atoms with Crippen molar-refractivity contribution in [2.24, 2.45) is 0 Å². The summed E-state index contributed by atoms with van der Waals surface area (Å²) in [6.07, 6.45) is 1.66. The minimum absolute atomic E-state index is 0.271. The molecule has 0 saturated heterocycles. The Kier molecular flexibility index (Phi) is 12.8. The van der Waals surface area contributed by atoms with Crippen LogP contribution in [0.15, 0.2) is 346 Å². The number of fused-ring (bicyclic) bond motifs is 14. The van der Waals surface area contributed by atoms with Crippen molar-refractivity contribution in [3.63, 3.8) is 0 Å². The van der Waals surface area contributed by atoms with Gasteiger partial charge in [0.05, 0.1) is 16.2 Å². The summed E-state index contributed by atoms with van der Waals surface area (Å²) in [7, 11) is 0. The first-order valence-corrected chi connectivity index (χ1v) is 34.5. The fourth-order valence-electron chi connectivity index (χ4n) is 19.1. The molecule has 15 aromatic rings. The van der Waals surface area contributed by atoms with Gasteiger partial charge >= 0.3 is 0 Å². The summed E-state index contributed by atoms with van der Waals surface area (Å²) in [5.74, 6) is 0. The minimum Gasteiger partial charge on any atom is -0.0622 e. The molecule has 458 valence electrons. The van der Waals surface area contributed by atoms with E-state index in [1.165, 1.54) is 172 Å². The van der Waals surface area contributed by atoms with Gasteiger partial charge in [0.25, 0.3) is 0 Å². The van der Waals surface area contributed by atoms with E-state index in [4.69, 9.17) is 0 Å². The van der Waals surface area contributed by atoms with Crippen LogP contribution in [0.2, 0.25) is 0 Å². The van der Waals surface area contributed by atoms with Crippen molar-refractivity contribution >= 4 is 10.8 Å². The van der Waals surface area contributed by atoms with Crippen molar-refractivity contribution in [3.8, 4) is 55.6 Å². The monoisotopic (exact) mass is 1230 g/mol. The van der Waals surface area contributed by atoms with E-state index in [2.05, 4.69) is 367 Å². The molecule has 19 rings (SSSR count). The van der Waals surface area contributed by atoms with Gasteiger partial charge in [0.2, 0.25) is 0 Å². The van der Waals surface area contributed by atoms with Gasteiger partial charge in [0, 0.05) is 5.41 Å². The molecule has 0 heterocycles. The molecule has 0 N–H and O–H groups in total. The summed E-state index contributed by atoms with van der Waals surface area (Å²) >= 11 is 0. The largest absolute Gasteiger partial charge is 0.0713 e. The fourth-order valence-corrected chi connectivity index (χ4v) is 19.1. The Morgan fingerprint density at radius 1 is 0.258 bits per heavy atom. The highest BCUT2D eigenvalue weighted by molar-refractivity contribution is 6.00. The van der Waals surface area contributed by atoms with Crippen LogP contribution in [0.25, 0.3) is 66.4 Å². The molecule has 0 spiro atoms. The Morgan fingerprint density at radius 2 is 0.732 bits per heavy atom. The lowest BCUT2D eigenvalue weighted by Gasteiger charge is -2.35. The molecule has 0 heteroatoms. The number of aryl methyl sites for hydroxylation is 2. The normalized spacial score (nSPS) is 17.7. The van der Waals surface area contributed by atoms with Gasteiger partial charge in [-0.15, -0.1) is 0 Å². The van der Waals surface area contributed by atoms with Crippen LogP contribution in [-0.2, 0) is 34.5 Å². The zero-order valence-corrected chi connectivity index (χ0v) is 54.8. The van der Waals surface area contributed by atoms with Gasteiger partial charge in [-0.2, -0.15) is 0 Å². The highest BCUT2D eigenvalue weighted by Crippen LogP contribution is 2.63. The molecule has 4 aliphatic carbocycles. The van der Waals surface area contributed by atoms with Gasteiger partial charge in [0.1, 0.15) is 0 Å². The van der Waals surface area contributed by atoms with Crippen LogP contribution in [0, 0.1) is 13.8 Å². The summed E-state index contributed by atoms with van der Waals surface area (Å²) in [6.45, 7) is 7.04. The summed E-state index contributed by atoms with van der Waals surface area (Å²) in [4.78, 5) is 0. The molecule has 0 saturated carbocycles. The van der Waals surface area contributed by atoms with Crippen LogP contribution in [0.5, 0.6) is 0 Å². The number of rotatable bonds is 11. The third-order valence-electron chi connectivity index (χ3n) is 22.9. The van der Waals surface area contributed by atoms with Crippen molar-refractivity contribution in [3.05, 3.63) is 451 Å². The predicted molar refractivity (Wildman–Crippen MR) is 402 cm³/mol. The van der Waals surface area contributed by atoms with Crippen LogP contribution >= 0.6 is 0 Å². The zero-order chi connectivity index (χ0) is 64.6. The number of benzene rings is 15. The maximum atomic E-state index is 2.53. The Hall–Kier alpha value is -11.4. The number of hydrogen-bond acceptors (Lipinski definition) is 0. The van der Waals surface area contributed by atoms with Crippen molar-refractivity contribution < 1.29 is 0 Å². The van der Waals surface area contributed by atoms with E-state index in [-0.39, 0.29) is 5.41 Å². The van der Waals surface area contributed by atoms with Gasteiger partial charge in [-0.1, -0.05) is 358 Å². The van der Waals surface area contributed by atoms with E-state index in [9.17, 15) is 0 Å². The smallest absolute Gasteiger partial charge is 0.0622 e. The van der Waals surface area contributed by atoms with E-state index < -0.39 is 16.2 Å². The fraction of sp³-hybridized carbons (Fsp3) is 0.0928. The lowest BCUT2D eigenvalue weighted by molar-refractivity contribution is 0.587. The molecular weight excluding hydrogens is 1170 g/mol. The molecule has 0 bridgehead atoms. The Balaban J connectivity index is 0.718. The van der Waals surface area contributed by atoms with Crippen molar-refractivity contribution in [1.29, 1.82) is 0 Å².